The Kier molecular flexibility index (Phi) is 4.15. The van der Waals surface area contributed by atoms with Crippen molar-refractivity contribution in [3.8, 4) is 5.75 Å². The Hall–Kier alpha value is -2.27. The number of aromatic amines is 1. The van der Waals surface area contributed by atoms with Crippen LogP contribution in [0.1, 0.15) is 15.9 Å². The van der Waals surface area contributed by atoms with Crippen LogP contribution in [-0.2, 0) is 6.42 Å². The molecule has 0 aliphatic heterocycles. The summed E-state index contributed by atoms with van der Waals surface area (Å²) in [6.45, 7) is 0.507. The third-order valence-electron chi connectivity index (χ3n) is 3.56. The van der Waals surface area contributed by atoms with Crippen molar-refractivity contribution in [1.29, 1.82) is 0 Å². The molecule has 1 amide bonds. The van der Waals surface area contributed by atoms with E-state index < -0.39 is 0 Å². The highest BCUT2D eigenvalue weighted by molar-refractivity contribution is 9.10. The van der Waals surface area contributed by atoms with E-state index in [2.05, 4.69) is 32.3 Å². The monoisotopic (exact) mass is 358 g/mol. The minimum Gasteiger partial charge on any atom is -0.507 e. The van der Waals surface area contributed by atoms with Crippen LogP contribution in [0.4, 0.5) is 0 Å². The highest BCUT2D eigenvalue weighted by Crippen LogP contribution is 2.22. The van der Waals surface area contributed by atoms with Crippen molar-refractivity contribution < 1.29 is 9.90 Å². The molecule has 0 fully saturated rings. The summed E-state index contributed by atoms with van der Waals surface area (Å²) in [4.78, 5) is 15.3. The van der Waals surface area contributed by atoms with Crippen molar-refractivity contribution in [2.24, 2.45) is 0 Å². The van der Waals surface area contributed by atoms with Crippen LogP contribution in [0, 0.1) is 0 Å². The van der Waals surface area contributed by atoms with Crippen LogP contribution in [-0.4, -0.2) is 22.5 Å². The first-order valence-corrected chi connectivity index (χ1v) is 7.76. The molecular weight excluding hydrogens is 344 g/mol. The quantitative estimate of drug-likeness (QED) is 0.666. The molecule has 0 atom stereocenters. The largest absolute Gasteiger partial charge is 0.507 e. The van der Waals surface area contributed by atoms with Gasteiger partial charge in [-0.3, -0.25) is 4.79 Å². The third-order valence-corrected chi connectivity index (χ3v) is 4.05. The fourth-order valence-corrected chi connectivity index (χ4v) is 2.80. The second kappa shape index (κ2) is 6.23. The van der Waals surface area contributed by atoms with Gasteiger partial charge in [0, 0.05) is 28.1 Å². The van der Waals surface area contributed by atoms with Crippen LogP contribution in [0.5, 0.6) is 5.75 Å². The van der Waals surface area contributed by atoms with Gasteiger partial charge in [-0.15, -0.1) is 0 Å². The zero-order chi connectivity index (χ0) is 15.5. The number of benzene rings is 2. The number of carbonyl (C=O) groups excluding carboxylic acids is 1. The van der Waals surface area contributed by atoms with Crippen molar-refractivity contribution in [3.63, 3.8) is 0 Å². The van der Waals surface area contributed by atoms with E-state index >= 15 is 0 Å². The van der Waals surface area contributed by atoms with Crippen LogP contribution in [0.3, 0.4) is 0 Å². The maximum atomic E-state index is 12.1. The minimum absolute atomic E-state index is 0.0206. The Morgan fingerprint density at radius 2 is 2.05 bits per heavy atom. The number of carbonyl (C=O) groups is 1. The number of fused-ring (bicyclic) bond motifs is 1. The summed E-state index contributed by atoms with van der Waals surface area (Å²) in [5.74, 6) is -0.300. The highest BCUT2D eigenvalue weighted by atomic mass is 79.9. The standard InChI is InChI=1S/C17H15BrN2O2/c18-12-5-6-16(21)14(9-12)17(22)19-8-7-11-10-20-15-4-2-1-3-13(11)15/h1-6,9-10,20-21H,7-8H2,(H,19,22). The van der Waals surface area contributed by atoms with Crippen LogP contribution >= 0.6 is 15.9 Å². The Morgan fingerprint density at radius 1 is 1.23 bits per heavy atom. The number of halogens is 1. The average Bonchev–Trinajstić information content (AvgIpc) is 2.93. The normalized spacial score (nSPS) is 10.8. The molecule has 5 heteroatoms. The van der Waals surface area contributed by atoms with E-state index in [1.165, 1.54) is 11.5 Å². The minimum atomic E-state index is -0.279. The van der Waals surface area contributed by atoms with Gasteiger partial charge in [0.15, 0.2) is 0 Å². The SMILES string of the molecule is O=C(NCCc1c[nH]c2ccccc12)c1cc(Br)ccc1O. The van der Waals surface area contributed by atoms with E-state index in [0.29, 0.717) is 6.54 Å². The molecule has 0 aliphatic rings. The zero-order valence-corrected chi connectivity index (χ0v) is 13.4. The molecule has 3 aromatic rings. The highest BCUT2D eigenvalue weighted by Gasteiger charge is 2.11. The van der Waals surface area contributed by atoms with Crippen molar-refractivity contribution >= 4 is 32.7 Å². The Labute approximate surface area is 136 Å². The van der Waals surface area contributed by atoms with E-state index in [4.69, 9.17) is 0 Å². The molecule has 0 saturated heterocycles. The van der Waals surface area contributed by atoms with Crippen LogP contribution < -0.4 is 5.32 Å². The van der Waals surface area contributed by atoms with Crippen LogP contribution in [0.2, 0.25) is 0 Å². The molecule has 0 radical (unpaired) electrons. The lowest BCUT2D eigenvalue weighted by Gasteiger charge is -2.07. The van der Waals surface area contributed by atoms with Crippen molar-refractivity contribution in [1.82, 2.24) is 10.3 Å². The van der Waals surface area contributed by atoms with Crippen molar-refractivity contribution in [2.75, 3.05) is 6.54 Å². The zero-order valence-electron chi connectivity index (χ0n) is 11.8. The maximum Gasteiger partial charge on any atom is 0.255 e. The van der Waals surface area contributed by atoms with Gasteiger partial charge in [-0.2, -0.15) is 0 Å². The number of H-pyrrole nitrogens is 1. The average molecular weight is 359 g/mol. The topological polar surface area (TPSA) is 65.1 Å². The molecule has 2 aromatic carbocycles. The van der Waals surface area contributed by atoms with E-state index in [1.54, 1.807) is 12.1 Å². The molecule has 22 heavy (non-hydrogen) atoms. The molecular formula is C17H15BrN2O2. The molecule has 1 heterocycles. The lowest BCUT2D eigenvalue weighted by Crippen LogP contribution is -2.25. The number of hydrogen-bond donors (Lipinski definition) is 3. The summed E-state index contributed by atoms with van der Waals surface area (Å²) < 4.78 is 0.757. The van der Waals surface area contributed by atoms with E-state index in [-0.39, 0.29) is 17.2 Å². The van der Waals surface area contributed by atoms with Crippen molar-refractivity contribution in [3.05, 3.63) is 64.3 Å². The number of nitrogens with one attached hydrogen (secondary N) is 2. The lowest BCUT2D eigenvalue weighted by atomic mass is 10.1. The second-order valence-corrected chi connectivity index (χ2v) is 5.94. The number of hydrogen-bond acceptors (Lipinski definition) is 2. The van der Waals surface area contributed by atoms with Gasteiger partial charge in [-0.1, -0.05) is 34.1 Å². The fraction of sp³-hybridized carbons (Fsp3) is 0.118. The first-order valence-electron chi connectivity index (χ1n) is 6.97. The van der Waals surface area contributed by atoms with Gasteiger partial charge in [-0.25, -0.2) is 0 Å². The molecule has 1 aromatic heterocycles. The lowest BCUT2D eigenvalue weighted by molar-refractivity contribution is 0.0951. The number of aromatic nitrogens is 1. The van der Waals surface area contributed by atoms with Gasteiger partial charge in [0.05, 0.1) is 5.56 Å². The molecule has 0 bridgehead atoms. The molecule has 112 valence electrons. The molecule has 3 rings (SSSR count). The second-order valence-electron chi connectivity index (χ2n) is 5.03. The Morgan fingerprint density at radius 3 is 2.91 bits per heavy atom. The first-order chi connectivity index (χ1) is 10.6. The maximum absolute atomic E-state index is 12.1. The van der Waals surface area contributed by atoms with Crippen LogP contribution in [0.15, 0.2) is 53.1 Å². The van der Waals surface area contributed by atoms with Gasteiger partial charge in [0.25, 0.3) is 5.91 Å². The summed E-state index contributed by atoms with van der Waals surface area (Å²) >= 11 is 3.30. The molecule has 3 N–H and O–H groups in total. The summed E-state index contributed by atoms with van der Waals surface area (Å²) in [5.41, 5.74) is 2.52. The number of amides is 1. The summed E-state index contributed by atoms with van der Waals surface area (Å²) in [5, 5.41) is 13.7. The summed E-state index contributed by atoms with van der Waals surface area (Å²) in [6, 6.07) is 12.9. The molecule has 0 saturated carbocycles. The number of phenolic OH excluding ortho intramolecular Hbond substituents is 1. The van der Waals surface area contributed by atoms with Gasteiger partial charge in [0.2, 0.25) is 0 Å². The van der Waals surface area contributed by atoms with Gasteiger partial charge in [0.1, 0.15) is 5.75 Å². The Bertz CT molecular complexity index is 826. The van der Waals surface area contributed by atoms with E-state index in [9.17, 15) is 9.90 Å². The number of aromatic hydroxyl groups is 1. The van der Waals surface area contributed by atoms with E-state index in [1.807, 2.05) is 24.4 Å². The molecule has 4 nitrogen and oxygen atoms in total. The van der Waals surface area contributed by atoms with Crippen LogP contribution in [0.25, 0.3) is 10.9 Å². The predicted octanol–water partition coefficient (Wildman–Crippen LogP) is 3.61. The number of rotatable bonds is 4. The molecule has 0 unspecified atom stereocenters. The molecule has 0 aliphatic carbocycles. The van der Waals surface area contributed by atoms with E-state index in [0.717, 1.165) is 22.0 Å². The van der Waals surface area contributed by atoms with Gasteiger partial charge < -0.3 is 15.4 Å². The molecule has 0 spiro atoms. The first kappa shape index (κ1) is 14.7. The van der Waals surface area contributed by atoms with Crippen molar-refractivity contribution in [2.45, 2.75) is 6.42 Å². The Balaban J connectivity index is 1.65. The smallest absolute Gasteiger partial charge is 0.255 e. The third kappa shape index (κ3) is 2.99. The van der Waals surface area contributed by atoms with Gasteiger partial charge in [-0.05, 0) is 36.2 Å². The fourth-order valence-electron chi connectivity index (χ4n) is 2.43. The summed E-state index contributed by atoms with van der Waals surface area (Å²) in [6.07, 6.45) is 2.69. The predicted molar refractivity (Wildman–Crippen MR) is 90.1 cm³/mol. The van der Waals surface area contributed by atoms with Gasteiger partial charge >= 0.3 is 0 Å². The number of phenols is 1. The number of para-hydroxylation sites is 1. The summed E-state index contributed by atoms with van der Waals surface area (Å²) in [7, 11) is 0.